The Balaban J connectivity index is 1.03. The van der Waals surface area contributed by atoms with Gasteiger partial charge in [0, 0.05) is 44.8 Å². The Bertz CT molecular complexity index is 1260. The lowest BCUT2D eigenvalue weighted by Crippen LogP contribution is -2.45. The van der Waals surface area contributed by atoms with Crippen LogP contribution in [0.5, 0.6) is 5.75 Å². The number of rotatable bonds is 13. The molecule has 1 unspecified atom stereocenters. The van der Waals surface area contributed by atoms with Crippen LogP contribution < -0.4 is 4.74 Å². The highest BCUT2D eigenvalue weighted by Gasteiger charge is 2.38. The number of hydrogen-bond acceptors (Lipinski definition) is 8. The van der Waals surface area contributed by atoms with E-state index in [1.807, 2.05) is 18.2 Å². The molecule has 0 saturated carbocycles. The zero-order valence-electron chi connectivity index (χ0n) is 25.3. The summed E-state index contributed by atoms with van der Waals surface area (Å²) in [4.78, 5) is 14.2. The largest absolute Gasteiger partial charge is 0.494 e. The van der Waals surface area contributed by atoms with Crippen LogP contribution in [0.1, 0.15) is 43.9 Å². The number of oxazole rings is 1. The first kappa shape index (κ1) is 29.7. The zero-order chi connectivity index (χ0) is 28.8. The van der Waals surface area contributed by atoms with Crippen molar-refractivity contribution in [1.29, 1.82) is 0 Å². The summed E-state index contributed by atoms with van der Waals surface area (Å²) in [6.45, 7) is 7.78. The SMILES string of the molecule is C#C[C@]1(N(C)C)CCN(CCCOc2ccc3nc(C4C=CC(OCCCN5CC[C@H](N(C)C)C5)=CC4)oc3c2)C1. The van der Waals surface area contributed by atoms with E-state index in [1.165, 1.54) is 19.5 Å². The maximum atomic E-state index is 6.16. The minimum absolute atomic E-state index is 0.115. The Labute approximate surface area is 245 Å². The summed E-state index contributed by atoms with van der Waals surface area (Å²) < 4.78 is 18.2. The number of benzene rings is 1. The van der Waals surface area contributed by atoms with Gasteiger partial charge in [0.2, 0.25) is 5.89 Å². The van der Waals surface area contributed by atoms with Gasteiger partial charge < -0.3 is 28.6 Å². The van der Waals surface area contributed by atoms with Gasteiger partial charge in [-0.15, -0.1) is 6.42 Å². The highest BCUT2D eigenvalue weighted by atomic mass is 16.5. The van der Waals surface area contributed by atoms with Gasteiger partial charge in [-0.1, -0.05) is 12.0 Å². The van der Waals surface area contributed by atoms with E-state index in [-0.39, 0.29) is 11.5 Å². The Morgan fingerprint density at radius 1 is 1.10 bits per heavy atom. The molecular weight excluding hydrogens is 514 g/mol. The normalized spacial score (nSPS) is 25.3. The predicted octanol–water partition coefficient (Wildman–Crippen LogP) is 4.21. The van der Waals surface area contributed by atoms with Crippen molar-refractivity contribution in [1.82, 2.24) is 24.6 Å². The molecule has 8 nitrogen and oxygen atoms in total. The molecule has 1 aromatic heterocycles. The Morgan fingerprint density at radius 2 is 1.90 bits per heavy atom. The van der Waals surface area contributed by atoms with Crippen molar-refractivity contribution in [3.63, 3.8) is 0 Å². The number of likely N-dealkylation sites (N-methyl/N-ethyl adjacent to an activating group) is 2. The lowest BCUT2D eigenvalue weighted by molar-refractivity contribution is 0.194. The van der Waals surface area contributed by atoms with Gasteiger partial charge in [0.25, 0.3) is 0 Å². The lowest BCUT2D eigenvalue weighted by atomic mass is 9.99. The average Bonchev–Trinajstić information content (AvgIpc) is 3.72. The number of allylic oxidation sites excluding steroid dienone is 3. The molecule has 3 aliphatic rings. The monoisotopic (exact) mass is 561 g/mol. The third-order valence-electron chi connectivity index (χ3n) is 8.96. The van der Waals surface area contributed by atoms with Crippen LogP contribution in [0.4, 0.5) is 0 Å². The molecule has 2 aliphatic heterocycles. The van der Waals surface area contributed by atoms with E-state index in [2.05, 4.69) is 71.9 Å². The third-order valence-corrected chi connectivity index (χ3v) is 8.96. The van der Waals surface area contributed by atoms with Crippen LogP contribution in [0.3, 0.4) is 0 Å². The molecule has 0 amide bonds. The quantitative estimate of drug-likeness (QED) is 0.266. The van der Waals surface area contributed by atoms with Crippen molar-refractivity contribution in [3.05, 3.63) is 48.1 Å². The topological polar surface area (TPSA) is 57.5 Å². The van der Waals surface area contributed by atoms with Crippen LogP contribution in [-0.2, 0) is 4.74 Å². The van der Waals surface area contributed by atoms with E-state index in [0.717, 1.165) is 87.0 Å². The second-order valence-corrected chi connectivity index (χ2v) is 12.2. The molecule has 2 aromatic rings. The molecule has 0 radical (unpaired) electrons. The molecule has 41 heavy (non-hydrogen) atoms. The Hall–Kier alpha value is -2.83. The first-order valence-corrected chi connectivity index (χ1v) is 15.2. The van der Waals surface area contributed by atoms with Crippen LogP contribution >= 0.6 is 0 Å². The van der Waals surface area contributed by atoms with Gasteiger partial charge >= 0.3 is 0 Å². The van der Waals surface area contributed by atoms with E-state index < -0.39 is 0 Å². The summed E-state index contributed by atoms with van der Waals surface area (Å²) in [5.41, 5.74) is 1.48. The minimum Gasteiger partial charge on any atom is -0.494 e. The molecule has 0 bridgehead atoms. The molecule has 3 atom stereocenters. The van der Waals surface area contributed by atoms with Crippen molar-refractivity contribution in [2.75, 3.05) is 80.7 Å². The summed E-state index contributed by atoms with van der Waals surface area (Å²) in [5, 5.41) is 0. The van der Waals surface area contributed by atoms with Gasteiger partial charge in [-0.25, -0.2) is 4.98 Å². The molecule has 0 spiro atoms. The molecule has 222 valence electrons. The van der Waals surface area contributed by atoms with E-state index in [0.29, 0.717) is 12.6 Å². The van der Waals surface area contributed by atoms with E-state index in [4.69, 9.17) is 25.3 Å². The third kappa shape index (κ3) is 7.34. The molecule has 2 fully saturated rings. The van der Waals surface area contributed by atoms with Crippen molar-refractivity contribution in [2.45, 2.75) is 49.6 Å². The van der Waals surface area contributed by atoms with Crippen LogP contribution in [0, 0.1) is 12.3 Å². The average molecular weight is 562 g/mol. The van der Waals surface area contributed by atoms with Crippen LogP contribution in [0.15, 0.2) is 46.6 Å². The number of fused-ring (bicyclic) bond motifs is 1. The maximum Gasteiger partial charge on any atom is 0.202 e. The van der Waals surface area contributed by atoms with Gasteiger partial charge in [0.15, 0.2) is 5.58 Å². The fourth-order valence-corrected chi connectivity index (χ4v) is 6.13. The Kier molecular flexibility index (Phi) is 9.72. The molecule has 8 heteroatoms. The molecule has 0 N–H and O–H groups in total. The fourth-order valence-electron chi connectivity index (χ4n) is 6.13. The predicted molar refractivity (Wildman–Crippen MR) is 164 cm³/mol. The molecule has 1 aliphatic carbocycles. The van der Waals surface area contributed by atoms with Crippen LogP contribution in [0.25, 0.3) is 11.1 Å². The molecule has 2 saturated heterocycles. The van der Waals surface area contributed by atoms with Gasteiger partial charge in [-0.05, 0) is 91.1 Å². The number of likely N-dealkylation sites (tertiary alicyclic amines) is 2. The van der Waals surface area contributed by atoms with Crippen LogP contribution in [0.2, 0.25) is 0 Å². The first-order chi connectivity index (χ1) is 19.8. The van der Waals surface area contributed by atoms with Gasteiger partial charge in [0.05, 0.1) is 24.7 Å². The summed E-state index contributed by atoms with van der Waals surface area (Å²) in [6, 6.07) is 6.60. The zero-order valence-corrected chi connectivity index (χ0v) is 25.3. The van der Waals surface area contributed by atoms with Gasteiger partial charge in [-0.2, -0.15) is 0 Å². The highest BCUT2D eigenvalue weighted by molar-refractivity contribution is 5.74. The summed E-state index contributed by atoms with van der Waals surface area (Å²) in [6.07, 6.45) is 17.3. The number of nitrogens with zero attached hydrogens (tertiary/aromatic N) is 5. The van der Waals surface area contributed by atoms with E-state index >= 15 is 0 Å². The standard InChI is InChI=1S/C33H47N5O3/c1-6-33(36(4)5)16-20-38(25-33)18-8-22-40-29-13-14-30-31(23-29)41-32(34-30)26-9-11-28(12-10-26)39-21-7-17-37-19-15-27(24-37)35(2)3/h1,9,11-14,23,26-27H,7-8,10,15-22,24-25H2,2-5H3/t26?,27-,33-/m0/s1. The van der Waals surface area contributed by atoms with Gasteiger partial charge in [-0.3, -0.25) is 4.90 Å². The molecule has 1 aromatic carbocycles. The minimum atomic E-state index is -0.141. The second kappa shape index (κ2) is 13.4. The highest BCUT2D eigenvalue weighted by Crippen LogP contribution is 2.31. The lowest BCUT2D eigenvalue weighted by Gasteiger charge is -2.31. The van der Waals surface area contributed by atoms with Crippen LogP contribution in [-0.4, -0.2) is 117 Å². The van der Waals surface area contributed by atoms with Gasteiger partial charge in [0.1, 0.15) is 17.0 Å². The molecule has 5 rings (SSSR count). The van der Waals surface area contributed by atoms with Crippen molar-refractivity contribution >= 4 is 11.1 Å². The summed E-state index contributed by atoms with van der Waals surface area (Å²) in [5.74, 6) is 5.62. The summed E-state index contributed by atoms with van der Waals surface area (Å²) >= 11 is 0. The first-order valence-electron chi connectivity index (χ1n) is 15.2. The fraction of sp³-hybridized carbons (Fsp3) is 0.606. The maximum absolute atomic E-state index is 6.16. The Morgan fingerprint density at radius 3 is 2.59 bits per heavy atom. The number of hydrogen-bond donors (Lipinski definition) is 0. The number of ether oxygens (including phenoxy) is 2. The number of terminal acetylenes is 1. The second-order valence-electron chi connectivity index (χ2n) is 12.2. The van der Waals surface area contributed by atoms with Crippen molar-refractivity contribution in [2.24, 2.45) is 0 Å². The molecular formula is C33H47N5O3. The van der Waals surface area contributed by atoms with E-state index in [9.17, 15) is 0 Å². The van der Waals surface area contributed by atoms with Crippen molar-refractivity contribution < 1.29 is 13.9 Å². The summed E-state index contributed by atoms with van der Waals surface area (Å²) in [7, 11) is 8.49. The number of aromatic nitrogens is 1. The van der Waals surface area contributed by atoms with Crippen molar-refractivity contribution in [3.8, 4) is 18.1 Å². The van der Waals surface area contributed by atoms with E-state index in [1.54, 1.807) is 0 Å². The molecule has 3 heterocycles. The smallest absolute Gasteiger partial charge is 0.202 e.